The van der Waals surface area contributed by atoms with Crippen molar-refractivity contribution in [2.75, 3.05) is 13.6 Å². The molecule has 0 unspecified atom stereocenters. The molecule has 1 saturated carbocycles. The molecule has 0 heterocycles. The Bertz CT molecular complexity index is 942. The summed E-state index contributed by atoms with van der Waals surface area (Å²) in [6.45, 7) is 1.38. The predicted molar refractivity (Wildman–Crippen MR) is 123 cm³/mol. The van der Waals surface area contributed by atoms with Gasteiger partial charge in [-0.2, -0.15) is 0 Å². The van der Waals surface area contributed by atoms with Gasteiger partial charge in [0.1, 0.15) is 0 Å². The van der Waals surface area contributed by atoms with Crippen LogP contribution in [0, 0.1) is 0 Å². The third-order valence-corrected chi connectivity index (χ3v) is 7.39. The van der Waals surface area contributed by atoms with Crippen molar-refractivity contribution in [3.8, 4) is 0 Å². The number of amides is 1. The molecule has 2 aromatic rings. The van der Waals surface area contributed by atoms with Crippen LogP contribution in [-0.4, -0.2) is 38.9 Å². The van der Waals surface area contributed by atoms with E-state index in [0.717, 1.165) is 12.1 Å². The lowest BCUT2D eigenvalue weighted by Crippen LogP contribution is -2.33. The van der Waals surface area contributed by atoms with Gasteiger partial charge in [-0.1, -0.05) is 61.7 Å². The van der Waals surface area contributed by atoms with Crippen LogP contribution in [0.25, 0.3) is 0 Å². The second-order valence-corrected chi connectivity index (χ2v) is 9.98. The van der Waals surface area contributed by atoms with Gasteiger partial charge in [0, 0.05) is 32.1 Å². The summed E-state index contributed by atoms with van der Waals surface area (Å²) >= 11 is 0. The largest absolute Gasteiger partial charge is 0.352 e. The first kappa shape index (κ1) is 23.4. The molecule has 7 heteroatoms. The van der Waals surface area contributed by atoms with Crippen LogP contribution in [0.2, 0.25) is 0 Å². The fourth-order valence-electron chi connectivity index (χ4n) is 4.07. The van der Waals surface area contributed by atoms with Crippen LogP contribution in [0.3, 0.4) is 0 Å². The van der Waals surface area contributed by atoms with E-state index in [9.17, 15) is 13.2 Å². The minimum atomic E-state index is -3.59. The van der Waals surface area contributed by atoms with Crippen molar-refractivity contribution >= 4 is 15.9 Å². The molecule has 0 aliphatic heterocycles. The standard InChI is InChI=1S/C24H33N3O3S/c1-27(22-12-4-2-5-13-22)19-21-11-9-8-10-20(21)18-25-24(28)16-17-26-31(29,30)23-14-6-3-7-15-23/h3,6-11,14-15,22,26H,2,4-5,12-13,16-19H2,1H3,(H,25,28). The van der Waals surface area contributed by atoms with E-state index in [0.29, 0.717) is 12.6 Å². The van der Waals surface area contributed by atoms with E-state index in [1.54, 1.807) is 18.2 Å². The van der Waals surface area contributed by atoms with Crippen molar-refractivity contribution in [3.05, 3.63) is 65.7 Å². The van der Waals surface area contributed by atoms with Crippen molar-refractivity contribution in [1.82, 2.24) is 14.9 Å². The monoisotopic (exact) mass is 443 g/mol. The van der Waals surface area contributed by atoms with Gasteiger partial charge in [0.15, 0.2) is 0 Å². The van der Waals surface area contributed by atoms with Gasteiger partial charge >= 0.3 is 0 Å². The Hall–Kier alpha value is -2.22. The zero-order valence-electron chi connectivity index (χ0n) is 18.2. The summed E-state index contributed by atoms with van der Waals surface area (Å²) in [5.74, 6) is -0.175. The second-order valence-electron chi connectivity index (χ2n) is 8.21. The van der Waals surface area contributed by atoms with E-state index in [1.807, 2.05) is 18.2 Å². The first-order valence-electron chi connectivity index (χ1n) is 11.0. The Labute approximate surface area is 186 Å². The fraction of sp³-hybridized carbons (Fsp3) is 0.458. The number of nitrogens with zero attached hydrogens (tertiary/aromatic N) is 1. The van der Waals surface area contributed by atoms with Gasteiger partial charge in [-0.25, -0.2) is 13.1 Å². The highest BCUT2D eigenvalue weighted by Gasteiger charge is 2.19. The minimum absolute atomic E-state index is 0.0646. The minimum Gasteiger partial charge on any atom is -0.352 e. The highest BCUT2D eigenvalue weighted by atomic mass is 32.2. The number of rotatable bonds is 10. The zero-order chi connectivity index (χ0) is 22.1. The third-order valence-electron chi connectivity index (χ3n) is 5.91. The Balaban J connectivity index is 1.47. The predicted octanol–water partition coefficient (Wildman–Crippen LogP) is 3.44. The number of hydrogen-bond acceptors (Lipinski definition) is 4. The molecular weight excluding hydrogens is 410 g/mol. The molecule has 0 bridgehead atoms. The molecule has 0 saturated heterocycles. The van der Waals surface area contributed by atoms with Gasteiger partial charge in [0.25, 0.3) is 0 Å². The molecule has 168 valence electrons. The first-order chi connectivity index (χ1) is 15.0. The highest BCUT2D eigenvalue weighted by Crippen LogP contribution is 2.23. The van der Waals surface area contributed by atoms with Crippen molar-refractivity contribution < 1.29 is 13.2 Å². The number of sulfonamides is 1. The van der Waals surface area contributed by atoms with Crippen LogP contribution in [0.5, 0.6) is 0 Å². The SMILES string of the molecule is CN(Cc1ccccc1CNC(=O)CCNS(=O)(=O)c1ccccc1)C1CCCCC1. The molecule has 3 rings (SSSR count). The number of nitrogens with one attached hydrogen (secondary N) is 2. The van der Waals surface area contributed by atoms with Crippen LogP contribution >= 0.6 is 0 Å². The Kier molecular flexibility index (Phi) is 8.63. The van der Waals surface area contributed by atoms with E-state index in [2.05, 4.69) is 28.1 Å². The number of benzene rings is 2. The molecule has 2 aromatic carbocycles. The molecule has 6 nitrogen and oxygen atoms in total. The van der Waals surface area contributed by atoms with E-state index in [1.165, 1.54) is 49.8 Å². The summed E-state index contributed by atoms with van der Waals surface area (Å²) in [6, 6.07) is 17.0. The second kappa shape index (κ2) is 11.4. The molecule has 1 aliphatic rings. The topological polar surface area (TPSA) is 78.5 Å². The third kappa shape index (κ3) is 7.16. The molecule has 1 aliphatic carbocycles. The van der Waals surface area contributed by atoms with Crippen LogP contribution < -0.4 is 10.0 Å². The van der Waals surface area contributed by atoms with E-state index in [4.69, 9.17) is 0 Å². The lowest BCUT2D eigenvalue weighted by Gasteiger charge is -2.31. The van der Waals surface area contributed by atoms with Crippen molar-refractivity contribution in [2.45, 2.75) is 62.6 Å². The Morgan fingerprint density at radius 1 is 0.968 bits per heavy atom. The lowest BCUT2D eigenvalue weighted by molar-refractivity contribution is -0.121. The summed E-state index contributed by atoms with van der Waals surface area (Å²) in [5.41, 5.74) is 2.32. The molecule has 1 amide bonds. The summed E-state index contributed by atoms with van der Waals surface area (Å²) in [5, 5.41) is 2.93. The Morgan fingerprint density at radius 2 is 1.61 bits per heavy atom. The maximum atomic E-state index is 12.3. The van der Waals surface area contributed by atoms with Gasteiger partial charge in [0.05, 0.1) is 4.90 Å². The quantitative estimate of drug-likeness (QED) is 0.590. The molecule has 31 heavy (non-hydrogen) atoms. The zero-order valence-corrected chi connectivity index (χ0v) is 19.0. The van der Waals surface area contributed by atoms with Crippen LogP contribution in [0.1, 0.15) is 49.7 Å². The number of carbonyl (C=O) groups excluding carboxylic acids is 1. The number of carbonyl (C=O) groups is 1. The molecule has 2 N–H and O–H groups in total. The average Bonchev–Trinajstić information content (AvgIpc) is 2.79. The fourth-order valence-corrected chi connectivity index (χ4v) is 5.12. The molecular formula is C24H33N3O3S. The van der Waals surface area contributed by atoms with Crippen molar-refractivity contribution in [1.29, 1.82) is 0 Å². The van der Waals surface area contributed by atoms with Gasteiger partial charge in [-0.05, 0) is 43.1 Å². The first-order valence-corrected chi connectivity index (χ1v) is 12.5. The Morgan fingerprint density at radius 3 is 2.32 bits per heavy atom. The van der Waals surface area contributed by atoms with Gasteiger partial charge < -0.3 is 5.32 Å². The van der Waals surface area contributed by atoms with Crippen LogP contribution in [-0.2, 0) is 27.9 Å². The number of hydrogen-bond donors (Lipinski definition) is 2. The molecule has 1 fully saturated rings. The van der Waals surface area contributed by atoms with Gasteiger partial charge in [0.2, 0.25) is 15.9 Å². The highest BCUT2D eigenvalue weighted by molar-refractivity contribution is 7.89. The summed E-state index contributed by atoms with van der Waals surface area (Å²) in [4.78, 5) is 14.9. The molecule has 0 atom stereocenters. The maximum absolute atomic E-state index is 12.3. The molecule has 0 spiro atoms. The average molecular weight is 444 g/mol. The smallest absolute Gasteiger partial charge is 0.240 e. The van der Waals surface area contributed by atoms with E-state index >= 15 is 0 Å². The lowest BCUT2D eigenvalue weighted by atomic mass is 9.94. The molecule has 0 radical (unpaired) electrons. The summed E-state index contributed by atoms with van der Waals surface area (Å²) in [6.07, 6.45) is 6.56. The van der Waals surface area contributed by atoms with E-state index < -0.39 is 10.0 Å². The van der Waals surface area contributed by atoms with E-state index in [-0.39, 0.29) is 23.8 Å². The summed E-state index contributed by atoms with van der Waals surface area (Å²) < 4.78 is 26.9. The normalized spacial score (nSPS) is 15.2. The maximum Gasteiger partial charge on any atom is 0.240 e. The van der Waals surface area contributed by atoms with Crippen molar-refractivity contribution in [2.24, 2.45) is 0 Å². The van der Waals surface area contributed by atoms with Gasteiger partial charge in [-0.3, -0.25) is 9.69 Å². The van der Waals surface area contributed by atoms with Crippen LogP contribution in [0.15, 0.2) is 59.5 Å². The van der Waals surface area contributed by atoms with Gasteiger partial charge in [-0.15, -0.1) is 0 Å². The van der Waals surface area contributed by atoms with Crippen LogP contribution in [0.4, 0.5) is 0 Å². The van der Waals surface area contributed by atoms with Crippen molar-refractivity contribution in [3.63, 3.8) is 0 Å². The summed E-state index contributed by atoms with van der Waals surface area (Å²) in [7, 11) is -1.40. The molecule has 0 aromatic heterocycles.